The molecule has 142 valence electrons. The lowest BCUT2D eigenvalue weighted by molar-refractivity contribution is 0.283. The Bertz CT molecular complexity index is 1240. The summed E-state index contributed by atoms with van der Waals surface area (Å²) in [4.78, 5) is 17.3. The van der Waals surface area contributed by atoms with Crippen LogP contribution in [-0.4, -0.2) is 29.4 Å². The Labute approximate surface area is 157 Å². The standard InChI is InChI=1S/C19H16FN5O3/c20-13-3-1-2-12(8-13)16-14(10-26)17-19(27)24(6-7-25(17)22-16)9-15-21-18(23-28-15)11-4-5-11/h1-3,6-8,11,26H,4-5,9-10H2. The van der Waals surface area contributed by atoms with Crippen molar-refractivity contribution in [3.63, 3.8) is 0 Å². The third kappa shape index (κ3) is 2.80. The minimum Gasteiger partial charge on any atom is -0.392 e. The van der Waals surface area contributed by atoms with Gasteiger partial charge in [-0.05, 0) is 25.0 Å². The third-order valence-electron chi connectivity index (χ3n) is 4.85. The van der Waals surface area contributed by atoms with Crippen molar-refractivity contribution in [2.24, 2.45) is 0 Å². The Balaban J connectivity index is 1.58. The van der Waals surface area contributed by atoms with Gasteiger partial charge >= 0.3 is 0 Å². The van der Waals surface area contributed by atoms with Gasteiger partial charge in [0.1, 0.15) is 17.9 Å². The highest BCUT2D eigenvalue weighted by Gasteiger charge is 2.29. The van der Waals surface area contributed by atoms with E-state index in [9.17, 15) is 14.3 Å². The van der Waals surface area contributed by atoms with Gasteiger partial charge in [0.15, 0.2) is 5.82 Å². The number of hydrogen-bond acceptors (Lipinski definition) is 6. The number of aliphatic hydroxyl groups excluding tert-OH is 1. The van der Waals surface area contributed by atoms with Crippen molar-refractivity contribution in [2.75, 3.05) is 0 Å². The van der Waals surface area contributed by atoms with Gasteiger partial charge in [0, 0.05) is 29.4 Å². The van der Waals surface area contributed by atoms with Gasteiger partial charge in [0.2, 0.25) is 5.89 Å². The van der Waals surface area contributed by atoms with E-state index in [0.29, 0.717) is 34.5 Å². The van der Waals surface area contributed by atoms with E-state index in [0.717, 1.165) is 12.8 Å². The Morgan fingerprint density at radius 3 is 2.89 bits per heavy atom. The summed E-state index contributed by atoms with van der Waals surface area (Å²) in [5.74, 6) is 0.974. The summed E-state index contributed by atoms with van der Waals surface area (Å²) in [7, 11) is 0. The van der Waals surface area contributed by atoms with Crippen LogP contribution in [0.4, 0.5) is 4.39 Å². The molecule has 0 amide bonds. The predicted octanol–water partition coefficient (Wildman–Crippen LogP) is 2.10. The third-order valence-corrected chi connectivity index (χ3v) is 4.85. The number of nitrogens with zero attached hydrogens (tertiary/aromatic N) is 5. The highest BCUT2D eigenvalue weighted by Crippen LogP contribution is 2.38. The molecule has 3 heterocycles. The summed E-state index contributed by atoms with van der Waals surface area (Å²) < 4.78 is 21.7. The Morgan fingerprint density at radius 1 is 1.29 bits per heavy atom. The molecule has 3 aromatic heterocycles. The molecule has 5 rings (SSSR count). The fraction of sp³-hybridized carbons (Fsp3) is 0.263. The molecule has 0 saturated heterocycles. The number of aromatic nitrogens is 5. The summed E-state index contributed by atoms with van der Waals surface area (Å²) in [6.07, 6.45) is 5.30. The molecule has 0 spiro atoms. The maximum absolute atomic E-state index is 13.6. The van der Waals surface area contributed by atoms with Crippen LogP contribution in [0.5, 0.6) is 0 Å². The lowest BCUT2D eigenvalue weighted by Crippen LogP contribution is -2.22. The van der Waals surface area contributed by atoms with Crippen molar-refractivity contribution >= 4 is 5.52 Å². The predicted molar refractivity (Wildman–Crippen MR) is 96.1 cm³/mol. The number of rotatable bonds is 5. The van der Waals surface area contributed by atoms with Crippen LogP contribution < -0.4 is 5.56 Å². The zero-order chi connectivity index (χ0) is 19.3. The van der Waals surface area contributed by atoms with Crippen LogP contribution in [0.2, 0.25) is 0 Å². The monoisotopic (exact) mass is 381 g/mol. The smallest absolute Gasteiger partial charge is 0.277 e. The van der Waals surface area contributed by atoms with Crippen molar-refractivity contribution in [2.45, 2.75) is 31.9 Å². The van der Waals surface area contributed by atoms with Crippen molar-refractivity contribution in [3.8, 4) is 11.3 Å². The van der Waals surface area contributed by atoms with Crippen molar-refractivity contribution in [1.82, 2.24) is 24.3 Å². The van der Waals surface area contributed by atoms with E-state index in [1.165, 1.54) is 21.2 Å². The van der Waals surface area contributed by atoms with Gasteiger partial charge in [0.05, 0.1) is 12.3 Å². The molecular weight excluding hydrogens is 365 g/mol. The molecule has 8 nitrogen and oxygen atoms in total. The Kier molecular flexibility index (Phi) is 3.83. The molecule has 0 unspecified atom stereocenters. The molecule has 1 aliphatic rings. The molecule has 1 saturated carbocycles. The fourth-order valence-corrected chi connectivity index (χ4v) is 3.28. The van der Waals surface area contributed by atoms with Crippen LogP contribution in [0, 0.1) is 5.82 Å². The lowest BCUT2D eigenvalue weighted by atomic mass is 10.1. The molecule has 9 heteroatoms. The second kappa shape index (κ2) is 6.38. The van der Waals surface area contributed by atoms with Crippen molar-refractivity contribution in [1.29, 1.82) is 0 Å². The van der Waals surface area contributed by atoms with Gasteiger partial charge in [-0.15, -0.1) is 0 Å². The van der Waals surface area contributed by atoms with E-state index in [1.807, 2.05) is 0 Å². The number of hydrogen-bond donors (Lipinski definition) is 1. The first-order valence-corrected chi connectivity index (χ1v) is 8.94. The minimum absolute atomic E-state index is 0.125. The second-order valence-corrected chi connectivity index (χ2v) is 6.84. The van der Waals surface area contributed by atoms with E-state index in [4.69, 9.17) is 4.52 Å². The molecule has 0 atom stereocenters. The van der Waals surface area contributed by atoms with Gasteiger partial charge in [-0.2, -0.15) is 10.1 Å². The molecule has 4 aromatic rings. The van der Waals surface area contributed by atoms with Crippen LogP contribution in [0.15, 0.2) is 46.0 Å². The van der Waals surface area contributed by atoms with E-state index >= 15 is 0 Å². The second-order valence-electron chi connectivity index (χ2n) is 6.84. The zero-order valence-electron chi connectivity index (χ0n) is 14.7. The van der Waals surface area contributed by atoms with Crippen LogP contribution in [0.25, 0.3) is 16.8 Å². The average Bonchev–Trinajstić information content (AvgIpc) is 3.31. The summed E-state index contributed by atoms with van der Waals surface area (Å²) in [6, 6.07) is 5.88. The van der Waals surface area contributed by atoms with E-state index < -0.39 is 12.4 Å². The summed E-state index contributed by atoms with van der Waals surface area (Å²) >= 11 is 0. The average molecular weight is 381 g/mol. The van der Waals surface area contributed by atoms with E-state index in [-0.39, 0.29) is 17.6 Å². The van der Waals surface area contributed by atoms with Crippen LogP contribution in [-0.2, 0) is 13.2 Å². The first-order chi connectivity index (χ1) is 13.6. The van der Waals surface area contributed by atoms with Gasteiger partial charge in [-0.3, -0.25) is 4.79 Å². The molecular formula is C19H16FN5O3. The maximum Gasteiger partial charge on any atom is 0.277 e. The summed E-state index contributed by atoms with van der Waals surface area (Å²) in [6.45, 7) is -0.276. The summed E-state index contributed by atoms with van der Waals surface area (Å²) in [5.41, 5.74) is 1.07. The largest absolute Gasteiger partial charge is 0.392 e. The molecule has 0 aliphatic heterocycles. The quantitative estimate of drug-likeness (QED) is 0.568. The highest BCUT2D eigenvalue weighted by atomic mass is 19.1. The lowest BCUT2D eigenvalue weighted by Gasteiger charge is -2.03. The zero-order valence-corrected chi connectivity index (χ0v) is 14.7. The first kappa shape index (κ1) is 16.8. The van der Waals surface area contributed by atoms with Crippen molar-refractivity contribution in [3.05, 3.63) is 70.1 Å². The highest BCUT2D eigenvalue weighted by molar-refractivity contribution is 5.72. The molecule has 1 aliphatic carbocycles. The van der Waals surface area contributed by atoms with Crippen LogP contribution in [0.3, 0.4) is 0 Å². The summed E-state index contributed by atoms with van der Waals surface area (Å²) in [5, 5.41) is 18.2. The van der Waals surface area contributed by atoms with Crippen LogP contribution >= 0.6 is 0 Å². The molecule has 1 N–H and O–H groups in total. The topological polar surface area (TPSA) is 98.4 Å². The first-order valence-electron chi connectivity index (χ1n) is 8.94. The van der Waals surface area contributed by atoms with Crippen molar-refractivity contribution < 1.29 is 14.0 Å². The van der Waals surface area contributed by atoms with E-state index in [1.54, 1.807) is 24.5 Å². The molecule has 1 fully saturated rings. The molecule has 1 aromatic carbocycles. The number of benzene rings is 1. The van der Waals surface area contributed by atoms with Gasteiger partial charge in [0.25, 0.3) is 5.56 Å². The molecule has 0 bridgehead atoms. The fourth-order valence-electron chi connectivity index (χ4n) is 3.28. The Morgan fingerprint density at radius 2 is 2.14 bits per heavy atom. The van der Waals surface area contributed by atoms with Gasteiger partial charge in [-0.1, -0.05) is 17.3 Å². The van der Waals surface area contributed by atoms with Gasteiger partial charge in [-0.25, -0.2) is 8.91 Å². The molecule has 28 heavy (non-hydrogen) atoms. The number of aliphatic hydroxyl groups is 1. The van der Waals surface area contributed by atoms with E-state index in [2.05, 4.69) is 15.2 Å². The van der Waals surface area contributed by atoms with Gasteiger partial charge < -0.3 is 14.2 Å². The minimum atomic E-state index is -0.418. The number of fused-ring (bicyclic) bond motifs is 1. The Hall–Kier alpha value is -3.33. The normalized spacial score (nSPS) is 14.1. The number of halogens is 1. The molecule has 0 radical (unpaired) electrons. The SMILES string of the molecule is O=c1c2c(CO)c(-c3cccc(F)c3)nn2ccn1Cc1nc(C2CC2)no1. The maximum atomic E-state index is 13.6. The van der Waals surface area contributed by atoms with Crippen LogP contribution in [0.1, 0.15) is 36.0 Å².